The normalized spacial score (nSPS) is 30.7. The SMILES string of the molecule is CC1CC(C)(C)CC1(O)Cc1ccc(Cl)cc1Cl. The number of hydrogen-bond acceptors (Lipinski definition) is 1. The monoisotopic (exact) mass is 286 g/mol. The minimum Gasteiger partial charge on any atom is -0.389 e. The number of aliphatic hydroxyl groups is 1. The van der Waals surface area contributed by atoms with Gasteiger partial charge in [-0.05, 0) is 41.9 Å². The third kappa shape index (κ3) is 2.84. The Morgan fingerprint density at radius 1 is 1.33 bits per heavy atom. The van der Waals surface area contributed by atoms with E-state index in [4.69, 9.17) is 23.2 Å². The van der Waals surface area contributed by atoms with Gasteiger partial charge in [-0.15, -0.1) is 0 Å². The van der Waals surface area contributed by atoms with Gasteiger partial charge in [0.1, 0.15) is 0 Å². The van der Waals surface area contributed by atoms with Gasteiger partial charge in [0, 0.05) is 16.5 Å². The Bertz CT molecular complexity index is 456. The van der Waals surface area contributed by atoms with E-state index in [1.54, 1.807) is 6.07 Å². The fourth-order valence-corrected chi connectivity index (χ4v) is 3.80. The number of rotatable bonds is 2. The van der Waals surface area contributed by atoms with E-state index < -0.39 is 5.60 Å². The first kappa shape index (κ1) is 14.2. The van der Waals surface area contributed by atoms with E-state index in [1.165, 1.54) is 0 Å². The maximum Gasteiger partial charge on any atom is 0.0719 e. The zero-order valence-electron chi connectivity index (χ0n) is 11.1. The molecule has 1 aliphatic rings. The smallest absolute Gasteiger partial charge is 0.0719 e. The van der Waals surface area contributed by atoms with Crippen LogP contribution in [-0.2, 0) is 6.42 Å². The van der Waals surface area contributed by atoms with Crippen molar-refractivity contribution in [3.8, 4) is 0 Å². The van der Waals surface area contributed by atoms with Crippen molar-refractivity contribution < 1.29 is 5.11 Å². The van der Waals surface area contributed by atoms with Crippen molar-refractivity contribution in [1.82, 2.24) is 0 Å². The molecular weight excluding hydrogens is 267 g/mol. The summed E-state index contributed by atoms with van der Waals surface area (Å²) in [6, 6.07) is 5.49. The molecule has 1 saturated carbocycles. The van der Waals surface area contributed by atoms with Crippen LogP contribution in [0.2, 0.25) is 10.0 Å². The first-order chi connectivity index (χ1) is 8.22. The van der Waals surface area contributed by atoms with Crippen LogP contribution in [0.15, 0.2) is 18.2 Å². The molecule has 100 valence electrons. The largest absolute Gasteiger partial charge is 0.389 e. The highest BCUT2D eigenvalue weighted by molar-refractivity contribution is 6.35. The lowest BCUT2D eigenvalue weighted by Gasteiger charge is -2.29. The Hall–Kier alpha value is -0.240. The average Bonchev–Trinajstić information content (AvgIpc) is 2.40. The van der Waals surface area contributed by atoms with Gasteiger partial charge in [0.25, 0.3) is 0 Å². The summed E-state index contributed by atoms with van der Waals surface area (Å²) in [6.07, 6.45) is 2.47. The summed E-state index contributed by atoms with van der Waals surface area (Å²) >= 11 is 12.1. The Morgan fingerprint density at radius 3 is 2.50 bits per heavy atom. The van der Waals surface area contributed by atoms with Crippen LogP contribution in [0.25, 0.3) is 0 Å². The molecule has 1 N–H and O–H groups in total. The van der Waals surface area contributed by atoms with Crippen LogP contribution in [-0.4, -0.2) is 10.7 Å². The minimum atomic E-state index is -0.652. The molecule has 0 amide bonds. The van der Waals surface area contributed by atoms with Crippen LogP contribution < -0.4 is 0 Å². The van der Waals surface area contributed by atoms with Crippen molar-refractivity contribution in [2.75, 3.05) is 0 Å². The van der Waals surface area contributed by atoms with Crippen LogP contribution in [0.1, 0.15) is 39.2 Å². The molecule has 0 bridgehead atoms. The van der Waals surface area contributed by atoms with Gasteiger partial charge in [-0.2, -0.15) is 0 Å². The molecule has 0 aliphatic heterocycles. The molecule has 0 heterocycles. The zero-order valence-corrected chi connectivity index (χ0v) is 12.6. The highest BCUT2D eigenvalue weighted by Gasteiger charge is 2.47. The average molecular weight is 287 g/mol. The van der Waals surface area contributed by atoms with E-state index in [1.807, 2.05) is 12.1 Å². The van der Waals surface area contributed by atoms with Crippen molar-refractivity contribution in [3.63, 3.8) is 0 Å². The Morgan fingerprint density at radius 2 is 2.00 bits per heavy atom. The number of benzene rings is 1. The minimum absolute atomic E-state index is 0.201. The van der Waals surface area contributed by atoms with Crippen LogP contribution >= 0.6 is 23.2 Å². The van der Waals surface area contributed by atoms with Gasteiger partial charge in [-0.1, -0.05) is 50.0 Å². The van der Waals surface area contributed by atoms with Gasteiger partial charge >= 0.3 is 0 Å². The van der Waals surface area contributed by atoms with E-state index in [0.29, 0.717) is 22.4 Å². The molecule has 2 unspecified atom stereocenters. The van der Waals surface area contributed by atoms with E-state index in [-0.39, 0.29) is 5.41 Å². The number of hydrogen-bond donors (Lipinski definition) is 1. The highest BCUT2D eigenvalue weighted by atomic mass is 35.5. The summed E-state index contributed by atoms with van der Waals surface area (Å²) in [5, 5.41) is 12.1. The lowest BCUT2D eigenvalue weighted by Crippen LogP contribution is -2.34. The van der Waals surface area contributed by atoms with Crippen LogP contribution in [0, 0.1) is 11.3 Å². The first-order valence-electron chi connectivity index (χ1n) is 6.38. The Balaban J connectivity index is 2.23. The first-order valence-corrected chi connectivity index (χ1v) is 7.14. The van der Waals surface area contributed by atoms with Gasteiger partial charge in [-0.3, -0.25) is 0 Å². The summed E-state index contributed by atoms with van der Waals surface area (Å²) < 4.78 is 0. The molecule has 0 spiro atoms. The Labute approximate surface area is 119 Å². The molecule has 2 atom stereocenters. The van der Waals surface area contributed by atoms with E-state index >= 15 is 0 Å². The fourth-order valence-electron chi connectivity index (χ4n) is 3.33. The molecule has 0 radical (unpaired) electrons. The number of halogens is 2. The van der Waals surface area contributed by atoms with Crippen molar-refractivity contribution in [1.29, 1.82) is 0 Å². The van der Waals surface area contributed by atoms with Crippen LogP contribution in [0.3, 0.4) is 0 Å². The molecule has 1 aromatic rings. The highest BCUT2D eigenvalue weighted by Crippen LogP contribution is 2.49. The van der Waals surface area contributed by atoms with Crippen LogP contribution in [0.4, 0.5) is 0 Å². The van der Waals surface area contributed by atoms with E-state index in [9.17, 15) is 5.11 Å². The maximum absolute atomic E-state index is 10.9. The van der Waals surface area contributed by atoms with Gasteiger partial charge in [0.2, 0.25) is 0 Å². The second-order valence-corrected chi connectivity index (χ2v) is 7.31. The topological polar surface area (TPSA) is 20.2 Å². The predicted octanol–water partition coefficient (Wildman–Crippen LogP) is 4.72. The zero-order chi connectivity index (χ0) is 13.6. The van der Waals surface area contributed by atoms with Crippen molar-refractivity contribution in [3.05, 3.63) is 33.8 Å². The molecule has 1 aliphatic carbocycles. The summed E-state index contributed by atoms with van der Waals surface area (Å²) in [7, 11) is 0. The summed E-state index contributed by atoms with van der Waals surface area (Å²) in [5.41, 5.74) is 0.529. The lowest BCUT2D eigenvalue weighted by atomic mass is 9.84. The lowest BCUT2D eigenvalue weighted by molar-refractivity contribution is 0.00447. The molecule has 1 aromatic carbocycles. The van der Waals surface area contributed by atoms with Gasteiger partial charge in [0.15, 0.2) is 0 Å². The Kier molecular flexibility index (Phi) is 3.70. The maximum atomic E-state index is 10.9. The summed E-state index contributed by atoms with van der Waals surface area (Å²) in [4.78, 5) is 0. The van der Waals surface area contributed by atoms with E-state index in [2.05, 4.69) is 20.8 Å². The molecule has 2 rings (SSSR count). The second kappa shape index (κ2) is 4.70. The molecule has 1 nitrogen and oxygen atoms in total. The quantitative estimate of drug-likeness (QED) is 0.834. The molecule has 3 heteroatoms. The van der Waals surface area contributed by atoms with E-state index in [0.717, 1.165) is 18.4 Å². The second-order valence-electron chi connectivity index (χ2n) is 6.46. The fraction of sp³-hybridized carbons (Fsp3) is 0.600. The van der Waals surface area contributed by atoms with Crippen molar-refractivity contribution >= 4 is 23.2 Å². The van der Waals surface area contributed by atoms with Crippen molar-refractivity contribution in [2.24, 2.45) is 11.3 Å². The van der Waals surface area contributed by atoms with Gasteiger partial charge < -0.3 is 5.11 Å². The summed E-state index contributed by atoms with van der Waals surface area (Å²) in [5.74, 6) is 0.291. The van der Waals surface area contributed by atoms with Gasteiger partial charge in [-0.25, -0.2) is 0 Å². The molecule has 18 heavy (non-hydrogen) atoms. The molecule has 0 aromatic heterocycles. The molecular formula is C15H20Cl2O. The predicted molar refractivity (Wildman–Crippen MR) is 77.3 cm³/mol. The third-order valence-electron chi connectivity index (χ3n) is 4.07. The standard InChI is InChI=1S/C15H20Cl2O/c1-10-7-14(2,3)9-15(10,18)8-11-4-5-12(16)6-13(11)17/h4-6,10,18H,7-9H2,1-3H3. The molecule has 0 saturated heterocycles. The summed E-state index contributed by atoms with van der Waals surface area (Å²) in [6.45, 7) is 6.55. The van der Waals surface area contributed by atoms with Gasteiger partial charge in [0.05, 0.1) is 5.60 Å². The molecule has 1 fully saturated rings. The van der Waals surface area contributed by atoms with Crippen molar-refractivity contribution in [2.45, 2.75) is 45.6 Å². The van der Waals surface area contributed by atoms with Crippen LogP contribution in [0.5, 0.6) is 0 Å². The third-order valence-corrected chi connectivity index (χ3v) is 4.66.